The number of hydrogen-bond donors (Lipinski definition) is 1. The van der Waals surface area contributed by atoms with Crippen molar-refractivity contribution in [1.29, 1.82) is 0 Å². The first-order valence-electron chi connectivity index (χ1n) is 9.46. The summed E-state index contributed by atoms with van der Waals surface area (Å²) in [5.41, 5.74) is 0.827. The monoisotopic (exact) mass is 432 g/mol. The summed E-state index contributed by atoms with van der Waals surface area (Å²) in [5.74, 6) is -0.465. The van der Waals surface area contributed by atoms with E-state index < -0.39 is 5.97 Å². The Kier molecular flexibility index (Phi) is 7.40. The average molecular weight is 432 g/mol. The van der Waals surface area contributed by atoms with Crippen LogP contribution in [0.3, 0.4) is 0 Å². The fourth-order valence-corrected chi connectivity index (χ4v) is 4.12. The van der Waals surface area contributed by atoms with Crippen LogP contribution in [0, 0.1) is 5.82 Å². The Morgan fingerprint density at radius 3 is 2.63 bits per heavy atom. The number of halogens is 1. The molecule has 1 aromatic carbocycles. The molecule has 0 aliphatic carbocycles. The largest absolute Gasteiger partial charge is 0.481 e. The molecule has 1 aliphatic rings. The van der Waals surface area contributed by atoms with Crippen molar-refractivity contribution >= 4 is 28.8 Å². The number of carboxylic acid groups (broad SMARTS) is 1. The lowest BCUT2D eigenvalue weighted by Gasteiger charge is -2.16. The minimum Gasteiger partial charge on any atom is -0.481 e. The van der Waals surface area contributed by atoms with E-state index in [1.54, 1.807) is 23.2 Å². The second-order valence-electron chi connectivity index (χ2n) is 6.90. The highest BCUT2D eigenvalue weighted by Gasteiger charge is 2.31. The molecule has 7 nitrogen and oxygen atoms in total. The predicted octanol–water partition coefficient (Wildman–Crippen LogP) is 3.63. The van der Waals surface area contributed by atoms with Gasteiger partial charge in [0, 0.05) is 49.9 Å². The molecule has 1 N–H and O–H groups in total. The van der Waals surface area contributed by atoms with Gasteiger partial charge in [-0.3, -0.25) is 14.4 Å². The number of amides is 1. The maximum Gasteiger partial charge on any atom is 0.303 e. The van der Waals surface area contributed by atoms with Crippen LogP contribution in [0.25, 0.3) is 0 Å². The summed E-state index contributed by atoms with van der Waals surface area (Å²) in [7, 11) is 0. The van der Waals surface area contributed by atoms with Crippen LogP contribution in [0.4, 0.5) is 4.39 Å². The molecule has 0 bridgehead atoms. The van der Waals surface area contributed by atoms with Crippen LogP contribution in [0.1, 0.15) is 31.2 Å². The van der Waals surface area contributed by atoms with Gasteiger partial charge in [0.1, 0.15) is 11.6 Å². The number of ether oxygens (including phenoxy) is 1. The number of pyridine rings is 1. The number of aliphatic carboxylic acids is 1. The third kappa shape index (κ3) is 6.55. The molecular formula is C21H21FN2O5S. The second kappa shape index (κ2) is 10.2. The normalized spacial score (nSPS) is 16.0. The highest BCUT2D eigenvalue weighted by molar-refractivity contribution is 8.14. The number of thioether (sulfide) groups is 1. The molecule has 0 spiro atoms. The van der Waals surface area contributed by atoms with Gasteiger partial charge in [-0.15, -0.1) is 0 Å². The molecule has 30 heavy (non-hydrogen) atoms. The van der Waals surface area contributed by atoms with Crippen LogP contribution in [0.2, 0.25) is 0 Å². The summed E-state index contributed by atoms with van der Waals surface area (Å²) in [6.07, 6.45) is 2.37. The van der Waals surface area contributed by atoms with Gasteiger partial charge in [0.25, 0.3) is 0 Å². The summed E-state index contributed by atoms with van der Waals surface area (Å²) in [4.78, 5) is 40.6. The first-order valence-corrected chi connectivity index (χ1v) is 10.3. The van der Waals surface area contributed by atoms with Crippen molar-refractivity contribution in [2.24, 2.45) is 0 Å². The summed E-state index contributed by atoms with van der Waals surface area (Å²) < 4.78 is 18.5. The zero-order valence-corrected chi connectivity index (χ0v) is 16.9. The maximum atomic E-state index is 12.9. The lowest BCUT2D eigenvalue weighted by molar-refractivity contribution is -0.137. The highest BCUT2D eigenvalue weighted by Crippen LogP contribution is 2.27. The smallest absolute Gasteiger partial charge is 0.303 e. The molecule has 158 valence electrons. The van der Waals surface area contributed by atoms with Crippen LogP contribution in [0.5, 0.6) is 11.6 Å². The molecule has 1 fully saturated rings. The predicted molar refractivity (Wildman–Crippen MR) is 109 cm³/mol. The van der Waals surface area contributed by atoms with Crippen LogP contribution in [-0.4, -0.2) is 43.8 Å². The molecular weight excluding hydrogens is 411 g/mol. The summed E-state index contributed by atoms with van der Waals surface area (Å²) >= 11 is 1.12. The van der Waals surface area contributed by atoms with Crippen molar-refractivity contribution in [2.45, 2.75) is 37.5 Å². The van der Waals surface area contributed by atoms with Gasteiger partial charge >= 0.3 is 5.97 Å². The fourth-order valence-electron chi connectivity index (χ4n) is 3.01. The van der Waals surface area contributed by atoms with Crippen LogP contribution in [-0.2, 0) is 20.9 Å². The molecule has 9 heteroatoms. The van der Waals surface area contributed by atoms with E-state index in [0.29, 0.717) is 31.1 Å². The number of aromatic nitrogens is 1. The molecule has 0 radical (unpaired) electrons. The molecule has 0 unspecified atom stereocenters. The molecule has 1 aliphatic heterocycles. The number of likely N-dealkylation sites (tertiary alicyclic amines) is 1. The first-order chi connectivity index (χ1) is 14.4. The Labute approximate surface area is 177 Å². The Morgan fingerprint density at radius 2 is 1.97 bits per heavy atom. The molecule has 1 aromatic heterocycles. The number of carboxylic acids is 1. The minimum atomic E-state index is -0.919. The van der Waals surface area contributed by atoms with Crippen LogP contribution < -0.4 is 4.74 Å². The van der Waals surface area contributed by atoms with E-state index in [2.05, 4.69) is 4.98 Å². The van der Waals surface area contributed by atoms with E-state index in [1.807, 2.05) is 0 Å². The van der Waals surface area contributed by atoms with E-state index >= 15 is 0 Å². The van der Waals surface area contributed by atoms with E-state index in [9.17, 15) is 18.8 Å². The Morgan fingerprint density at radius 1 is 1.20 bits per heavy atom. The van der Waals surface area contributed by atoms with Gasteiger partial charge in [0.2, 0.25) is 11.8 Å². The molecule has 0 saturated carbocycles. The minimum absolute atomic E-state index is 0.0301. The van der Waals surface area contributed by atoms with Gasteiger partial charge in [-0.2, -0.15) is 0 Å². The van der Waals surface area contributed by atoms with Crippen molar-refractivity contribution < 1.29 is 28.6 Å². The van der Waals surface area contributed by atoms with Crippen molar-refractivity contribution in [2.75, 3.05) is 6.54 Å². The Hall–Kier alpha value is -2.94. The van der Waals surface area contributed by atoms with Crippen molar-refractivity contribution in [1.82, 2.24) is 9.88 Å². The van der Waals surface area contributed by atoms with Crippen LogP contribution >= 0.6 is 11.8 Å². The second-order valence-corrected chi connectivity index (χ2v) is 8.26. The number of rotatable bonds is 9. The zero-order chi connectivity index (χ0) is 21.5. The number of carbonyl (C=O) groups excluding carboxylic acids is 2. The standard InChI is InChI=1S/C21H21FN2O5S/c22-15-5-7-16(8-6-15)29-18-9-4-14(11-23-18)12-24-13-17(10-19(24)25)30-21(28)3-1-2-20(26)27/h4-9,11,17H,1-3,10,12-13H2,(H,26,27)/t17-/m1/s1. The first kappa shape index (κ1) is 21.8. The van der Waals surface area contributed by atoms with E-state index in [4.69, 9.17) is 9.84 Å². The maximum absolute atomic E-state index is 12.9. The molecule has 1 saturated heterocycles. The van der Waals surface area contributed by atoms with Gasteiger partial charge in [0.15, 0.2) is 5.12 Å². The third-order valence-corrected chi connectivity index (χ3v) is 5.57. The molecule has 3 rings (SSSR count). The molecule has 1 atom stereocenters. The van der Waals surface area contributed by atoms with Gasteiger partial charge in [-0.05, 0) is 36.2 Å². The van der Waals surface area contributed by atoms with Gasteiger partial charge in [0.05, 0.1) is 0 Å². The summed E-state index contributed by atoms with van der Waals surface area (Å²) in [6.45, 7) is 0.842. The van der Waals surface area contributed by atoms with Gasteiger partial charge in [-0.25, -0.2) is 9.37 Å². The van der Waals surface area contributed by atoms with E-state index in [1.165, 1.54) is 24.3 Å². The van der Waals surface area contributed by atoms with Crippen molar-refractivity contribution in [3.8, 4) is 11.6 Å². The molecule has 2 heterocycles. The fraction of sp³-hybridized carbons (Fsp3) is 0.333. The van der Waals surface area contributed by atoms with Gasteiger partial charge in [-0.1, -0.05) is 17.8 Å². The molecule has 1 amide bonds. The van der Waals surface area contributed by atoms with E-state index in [0.717, 1.165) is 17.3 Å². The average Bonchev–Trinajstić information content (AvgIpc) is 3.03. The van der Waals surface area contributed by atoms with Crippen LogP contribution in [0.15, 0.2) is 42.6 Å². The third-order valence-electron chi connectivity index (χ3n) is 4.46. The van der Waals surface area contributed by atoms with E-state index in [-0.39, 0.29) is 41.4 Å². The number of carbonyl (C=O) groups is 3. The lowest BCUT2D eigenvalue weighted by Crippen LogP contribution is -2.25. The number of benzene rings is 1. The van der Waals surface area contributed by atoms with Gasteiger partial charge < -0.3 is 14.7 Å². The van der Waals surface area contributed by atoms with Crippen molar-refractivity contribution in [3.63, 3.8) is 0 Å². The highest BCUT2D eigenvalue weighted by atomic mass is 32.2. The summed E-state index contributed by atoms with van der Waals surface area (Å²) in [5, 5.41) is 8.42. The Balaban J connectivity index is 1.47. The Bertz CT molecular complexity index is 905. The topological polar surface area (TPSA) is 96.8 Å². The quantitative estimate of drug-likeness (QED) is 0.646. The number of hydrogen-bond acceptors (Lipinski definition) is 6. The van der Waals surface area contributed by atoms with Crippen molar-refractivity contribution in [3.05, 3.63) is 54.0 Å². The summed E-state index contributed by atoms with van der Waals surface area (Å²) in [6, 6.07) is 9.10. The molecule has 2 aromatic rings. The lowest BCUT2D eigenvalue weighted by atomic mass is 10.2. The SMILES string of the molecule is O=C(O)CCCC(=O)S[C@@H]1CC(=O)N(Cc2ccc(Oc3ccc(F)cc3)nc2)C1. The number of nitrogens with zero attached hydrogens (tertiary/aromatic N) is 2. The zero-order valence-electron chi connectivity index (χ0n) is 16.1.